The van der Waals surface area contributed by atoms with E-state index in [0.717, 1.165) is 38.0 Å². The predicted molar refractivity (Wildman–Crippen MR) is 110 cm³/mol. The first-order valence-electron chi connectivity index (χ1n) is 8.72. The maximum atomic E-state index is 5.42. The zero-order chi connectivity index (χ0) is 16.5. The fourth-order valence-corrected chi connectivity index (χ4v) is 2.08. The highest BCUT2D eigenvalue weighted by Crippen LogP contribution is 2.08. The molecule has 0 saturated heterocycles. The fourth-order valence-electron chi connectivity index (χ4n) is 2.08. The summed E-state index contributed by atoms with van der Waals surface area (Å²) >= 11 is 0. The van der Waals surface area contributed by atoms with Crippen molar-refractivity contribution in [1.82, 2.24) is 10.6 Å². The van der Waals surface area contributed by atoms with E-state index < -0.39 is 0 Å². The monoisotopic (exact) mass is 443 g/mol. The van der Waals surface area contributed by atoms with Crippen molar-refractivity contribution < 1.29 is 9.47 Å². The van der Waals surface area contributed by atoms with Gasteiger partial charge in [0.25, 0.3) is 0 Å². The molecule has 0 aliphatic rings. The number of unbranched alkanes of at least 4 members (excludes halogenated alkanes) is 3. The van der Waals surface area contributed by atoms with E-state index >= 15 is 0 Å². The highest BCUT2D eigenvalue weighted by Gasteiger charge is 1.98. The van der Waals surface area contributed by atoms with Gasteiger partial charge >= 0.3 is 0 Å². The number of nitrogens with zero attached hydrogens (tertiary/aromatic N) is 1. The van der Waals surface area contributed by atoms with Gasteiger partial charge in [0, 0.05) is 33.9 Å². The van der Waals surface area contributed by atoms with E-state index in [1.54, 1.807) is 7.11 Å². The van der Waals surface area contributed by atoms with Gasteiger partial charge < -0.3 is 20.1 Å². The summed E-state index contributed by atoms with van der Waals surface area (Å²) in [6.45, 7) is 8.53. The molecule has 2 N–H and O–H groups in total. The molecular weight excluding hydrogens is 405 g/mol. The Labute approximate surface area is 160 Å². The topological polar surface area (TPSA) is 54.9 Å². The van der Waals surface area contributed by atoms with Crippen molar-refractivity contribution in [3.63, 3.8) is 0 Å². The van der Waals surface area contributed by atoms with Crippen LogP contribution in [0.5, 0.6) is 0 Å². The number of hydrogen-bond donors (Lipinski definition) is 2. The third-order valence-corrected chi connectivity index (χ3v) is 3.41. The van der Waals surface area contributed by atoms with Crippen LogP contribution in [0, 0.1) is 5.92 Å². The Morgan fingerprint density at radius 3 is 2.17 bits per heavy atom. The average Bonchev–Trinajstić information content (AvgIpc) is 2.50. The van der Waals surface area contributed by atoms with E-state index in [9.17, 15) is 0 Å². The number of ether oxygens (including phenoxy) is 2. The van der Waals surface area contributed by atoms with Crippen LogP contribution in [0.4, 0.5) is 0 Å². The molecule has 0 saturated carbocycles. The molecule has 0 amide bonds. The van der Waals surface area contributed by atoms with Gasteiger partial charge in [0.1, 0.15) is 0 Å². The summed E-state index contributed by atoms with van der Waals surface area (Å²) in [7, 11) is 3.50. The summed E-state index contributed by atoms with van der Waals surface area (Å²) in [5.74, 6) is 1.72. The summed E-state index contributed by atoms with van der Waals surface area (Å²) in [6.07, 6.45) is 7.52. The van der Waals surface area contributed by atoms with Gasteiger partial charge in [-0.25, -0.2) is 0 Å². The first-order valence-corrected chi connectivity index (χ1v) is 8.72. The Balaban J connectivity index is 0. The molecule has 0 aromatic carbocycles. The van der Waals surface area contributed by atoms with Crippen LogP contribution in [-0.2, 0) is 9.47 Å². The Morgan fingerprint density at radius 2 is 1.57 bits per heavy atom. The van der Waals surface area contributed by atoms with Gasteiger partial charge in [-0.3, -0.25) is 4.99 Å². The lowest BCUT2D eigenvalue weighted by Gasteiger charge is -2.12. The van der Waals surface area contributed by atoms with Crippen molar-refractivity contribution in [2.45, 2.75) is 52.4 Å². The lowest BCUT2D eigenvalue weighted by Crippen LogP contribution is -2.38. The second-order valence-electron chi connectivity index (χ2n) is 5.98. The smallest absolute Gasteiger partial charge is 0.190 e. The zero-order valence-electron chi connectivity index (χ0n) is 15.5. The third-order valence-electron chi connectivity index (χ3n) is 3.41. The number of methoxy groups -OCH3 is 1. The molecular formula is C17H38IN3O2. The number of guanidine groups is 1. The molecule has 0 aliphatic carbocycles. The van der Waals surface area contributed by atoms with Gasteiger partial charge in [-0.2, -0.15) is 0 Å². The Kier molecular flexibility index (Phi) is 21.8. The minimum absolute atomic E-state index is 0. The van der Waals surface area contributed by atoms with Crippen LogP contribution in [0.3, 0.4) is 0 Å². The molecule has 0 spiro atoms. The van der Waals surface area contributed by atoms with Crippen LogP contribution in [0.15, 0.2) is 4.99 Å². The van der Waals surface area contributed by atoms with E-state index in [4.69, 9.17) is 9.47 Å². The minimum atomic E-state index is 0. The van der Waals surface area contributed by atoms with Crippen molar-refractivity contribution in [3.8, 4) is 0 Å². The van der Waals surface area contributed by atoms with Gasteiger partial charge in [0.2, 0.25) is 0 Å². The highest BCUT2D eigenvalue weighted by molar-refractivity contribution is 14.0. The molecule has 0 atom stereocenters. The van der Waals surface area contributed by atoms with Crippen molar-refractivity contribution in [2.75, 3.05) is 47.1 Å². The summed E-state index contributed by atoms with van der Waals surface area (Å²) in [4.78, 5) is 4.23. The highest BCUT2D eigenvalue weighted by atomic mass is 127. The van der Waals surface area contributed by atoms with Gasteiger partial charge in [-0.1, -0.05) is 39.5 Å². The van der Waals surface area contributed by atoms with Crippen LogP contribution in [0.2, 0.25) is 0 Å². The van der Waals surface area contributed by atoms with Gasteiger partial charge in [-0.15, -0.1) is 24.0 Å². The van der Waals surface area contributed by atoms with Gasteiger partial charge in [-0.05, 0) is 18.8 Å². The predicted octanol–water partition coefficient (Wildman–Crippen LogP) is 3.43. The summed E-state index contributed by atoms with van der Waals surface area (Å²) in [5, 5.41) is 6.66. The summed E-state index contributed by atoms with van der Waals surface area (Å²) < 4.78 is 10.3. The Bertz CT molecular complexity index is 264. The molecule has 0 aromatic rings. The second kappa shape index (κ2) is 20.0. The van der Waals surface area contributed by atoms with Crippen molar-refractivity contribution in [1.29, 1.82) is 0 Å². The largest absolute Gasteiger partial charge is 0.382 e. The van der Waals surface area contributed by atoms with E-state index in [-0.39, 0.29) is 24.0 Å². The fraction of sp³-hybridized carbons (Fsp3) is 0.941. The molecule has 6 heteroatoms. The van der Waals surface area contributed by atoms with Crippen molar-refractivity contribution >= 4 is 29.9 Å². The van der Waals surface area contributed by atoms with Crippen LogP contribution >= 0.6 is 24.0 Å². The van der Waals surface area contributed by atoms with E-state index in [1.165, 1.54) is 32.1 Å². The molecule has 5 nitrogen and oxygen atoms in total. The summed E-state index contributed by atoms with van der Waals surface area (Å²) in [5.41, 5.74) is 0. The first-order chi connectivity index (χ1) is 10.7. The van der Waals surface area contributed by atoms with Crippen LogP contribution in [0.25, 0.3) is 0 Å². The number of rotatable bonds is 14. The molecule has 140 valence electrons. The lowest BCUT2D eigenvalue weighted by atomic mass is 10.0. The van der Waals surface area contributed by atoms with Crippen molar-refractivity contribution in [2.24, 2.45) is 10.9 Å². The van der Waals surface area contributed by atoms with Crippen LogP contribution < -0.4 is 10.6 Å². The lowest BCUT2D eigenvalue weighted by molar-refractivity contribution is 0.0698. The molecule has 0 fully saturated rings. The third kappa shape index (κ3) is 19.9. The molecule has 0 aliphatic heterocycles. The standard InChI is InChI=1S/C17H37N3O2.HI/c1-16(2)10-7-5-6-8-11-19-17(18-3)20-12-9-13-22-15-14-21-4;/h16H,5-15H2,1-4H3,(H2,18,19,20);1H. The molecule has 0 bridgehead atoms. The minimum Gasteiger partial charge on any atom is -0.382 e. The molecule has 23 heavy (non-hydrogen) atoms. The van der Waals surface area contributed by atoms with Gasteiger partial charge in [0.05, 0.1) is 13.2 Å². The second-order valence-corrected chi connectivity index (χ2v) is 5.98. The van der Waals surface area contributed by atoms with E-state index in [1.807, 2.05) is 7.05 Å². The maximum Gasteiger partial charge on any atom is 0.190 e. The van der Waals surface area contributed by atoms with Crippen LogP contribution in [-0.4, -0.2) is 53.0 Å². The Hall–Kier alpha value is -0.0800. The van der Waals surface area contributed by atoms with E-state index in [0.29, 0.717) is 13.2 Å². The zero-order valence-corrected chi connectivity index (χ0v) is 17.9. The molecule has 0 unspecified atom stereocenters. The van der Waals surface area contributed by atoms with E-state index in [2.05, 4.69) is 29.5 Å². The van der Waals surface area contributed by atoms with Gasteiger partial charge in [0.15, 0.2) is 5.96 Å². The molecule has 0 heterocycles. The molecule has 0 rings (SSSR count). The molecule has 0 radical (unpaired) electrons. The average molecular weight is 443 g/mol. The maximum absolute atomic E-state index is 5.42. The number of nitrogens with one attached hydrogen (secondary N) is 2. The quantitative estimate of drug-likeness (QED) is 0.187. The Morgan fingerprint density at radius 1 is 0.913 bits per heavy atom. The molecule has 0 aromatic heterocycles. The number of halogens is 1. The van der Waals surface area contributed by atoms with Crippen LogP contribution in [0.1, 0.15) is 52.4 Å². The van der Waals surface area contributed by atoms with Crippen molar-refractivity contribution in [3.05, 3.63) is 0 Å². The summed E-state index contributed by atoms with van der Waals surface area (Å²) in [6, 6.07) is 0. The first kappa shape index (κ1) is 25.2. The SMILES string of the molecule is CN=C(NCCCCCCC(C)C)NCCCOCCOC.I. The normalized spacial score (nSPS) is 11.4. The number of aliphatic imine (C=N–C) groups is 1. The number of hydrogen-bond acceptors (Lipinski definition) is 3.